The Bertz CT molecular complexity index is 612. The van der Waals surface area contributed by atoms with Crippen LogP contribution >= 0.6 is 15.9 Å². The Morgan fingerprint density at radius 3 is 2.50 bits per heavy atom. The van der Waals surface area contributed by atoms with Crippen LogP contribution in [0.15, 0.2) is 21.5 Å². The second-order valence-corrected chi connectivity index (χ2v) is 7.41. The van der Waals surface area contributed by atoms with Gasteiger partial charge in [-0.2, -0.15) is 0 Å². The van der Waals surface area contributed by atoms with Crippen molar-refractivity contribution in [3.63, 3.8) is 0 Å². The molecule has 0 saturated carbocycles. The lowest BCUT2D eigenvalue weighted by Crippen LogP contribution is -2.26. The summed E-state index contributed by atoms with van der Waals surface area (Å²) < 4.78 is 23.4. The molecule has 1 rings (SSSR count). The second-order valence-electron chi connectivity index (χ2n) is 5.09. The summed E-state index contributed by atoms with van der Waals surface area (Å²) >= 11 is 3.18. The molecule has 5 nitrogen and oxygen atoms in total. The fourth-order valence-electron chi connectivity index (χ4n) is 1.65. The Morgan fingerprint density at radius 1 is 1.40 bits per heavy atom. The fraction of sp³-hybridized carbons (Fsp3) is 0.462. The molecule has 112 valence electrons. The van der Waals surface area contributed by atoms with Crippen molar-refractivity contribution in [1.82, 2.24) is 5.32 Å². The van der Waals surface area contributed by atoms with Crippen molar-refractivity contribution >= 4 is 31.9 Å². The third-order valence-corrected chi connectivity index (χ3v) is 5.05. The molecule has 3 N–H and O–H groups in total. The van der Waals surface area contributed by atoms with E-state index in [2.05, 4.69) is 35.1 Å². The highest BCUT2D eigenvalue weighted by Gasteiger charge is 2.18. The Balaban J connectivity index is 3.03. The Kier molecular flexibility index (Phi) is 5.73. The number of aryl methyl sites for hydroxylation is 1. The second kappa shape index (κ2) is 6.69. The summed E-state index contributed by atoms with van der Waals surface area (Å²) in [5.74, 6) is 0.188. The summed E-state index contributed by atoms with van der Waals surface area (Å²) in [5, 5.41) is 7.91. The van der Waals surface area contributed by atoms with E-state index in [0.717, 1.165) is 6.42 Å². The van der Waals surface area contributed by atoms with Gasteiger partial charge in [0.1, 0.15) is 0 Å². The molecule has 1 aromatic rings. The smallest absolute Gasteiger partial charge is 0.251 e. The number of nitrogens with one attached hydrogen (secondary N) is 1. The molecule has 20 heavy (non-hydrogen) atoms. The first-order valence-electron chi connectivity index (χ1n) is 6.24. The van der Waals surface area contributed by atoms with Crippen LogP contribution in [0, 0.1) is 12.8 Å². The van der Waals surface area contributed by atoms with Gasteiger partial charge in [-0.05, 0) is 52.9 Å². The highest BCUT2D eigenvalue weighted by molar-refractivity contribution is 9.10. The number of carbonyl (C=O) groups is 1. The molecular formula is C13H19BrN2O3S. The number of hydrogen-bond acceptors (Lipinski definition) is 3. The van der Waals surface area contributed by atoms with Crippen LogP contribution in [0.4, 0.5) is 0 Å². The molecule has 0 atom stereocenters. The molecule has 0 heterocycles. The number of hydrogen-bond donors (Lipinski definition) is 2. The van der Waals surface area contributed by atoms with Gasteiger partial charge in [0.15, 0.2) is 0 Å². The van der Waals surface area contributed by atoms with Crippen LogP contribution in [-0.4, -0.2) is 20.9 Å². The average Bonchev–Trinajstić information content (AvgIpc) is 2.30. The number of sulfonamides is 1. The van der Waals surface area contributed by atoms with E-state index < -0.39 is 10.0 Å². The summed E-state index contributed by atoms with van der Waals surface area (Å²) in [7, 11) is -3.87. The van der Waals surface area contributed by atoms with Crippen LogP contribution in [0.3, 0.4) is 0 Å². The minimum absolute atomic E-state index is 0.0773. The molecule has 0 radical (unpaired) electrons. The number of nitrogens with two attached hydrogens (primary N) is 1. The predicted octanol–water partition coefficient (Wildman–Crippen LogP) is 2.18. The van der Waals surface area contributed by atoms with Gasteiger partial charge in [0.25, 0.3) is 5.91 Å². The molecule has 1 aromatic carbocycles. The lowest BCUT2D eigenvalue weighted by atomic mass is 10.1. The Labute approximate surface area is 128 Å². The zero-order valence-electron chi connectivity index (χ0n) is 11.7. The maximum Gasteiger partial charge on any atom is 0.251 e. The van der Waals surface area contributed by atoms with Crippen molar-refractivity contribution in [2.45, 2.75) is 32.1 Å². The molecule has 0 bridgehead atoms. The van der Waals surface area contributed by atoms with Gasteiger partial charge in [-0.15, -0.1) is 0 Å². The monoisotopic (exact) mass is 362 g/mol. The highest BCUT2D eigenvalue weighted by atomic mass is 79.9. The number of carbonyl (C=O) groups excluding carboxylic acids is 1. The number of halogens is 1. The van der Waals surface area contributed by atoms with Crippen LogP contribution in [0.1, 0.15) is 36.2 Å². The van der Waals surface area contributed by atoms with Gasteiger partial charge in [-0.25, -0.2) is 13.6 Å². The van der Waals surface area contributed by atoms with Crippen molar-refractivity contribution < 1.29 is 13.2 Å². The molecule has 0 aliphatic rings. The minimum Gasteiger partial charge on any atom is -0.352 e. The van der Waals surface area contributed by atoms with Gasteiger partial charge in [-0.3, -0.25) is 4.79 Å². The summed E-state index contributed by atoms with van der Waals surface area (Å²) in [6.45, 7) is 6.39. The topological polar surface area (TPSA) is 89.3 Å². The van der Waals surface area contributed by atoms with Gasteiger partial charge >= 0.3 is 0 Å². The summed E-state index contributed by atoms with van der Waals surface area (Å²) in [4.78, 5) is 11.9. The Hall–Kier alpha value is -0.920. The molecule has 0 spiro atoms. The van der Waals surface area contributed by atoms with Crippen molar-refractivity contribution in [2.24, 2.45) is 11.1 Å². The SMILES string of the molecule is Cc1cc(C(=O)NCCC(C)C)cc(S(N)(=O)=O)c1Br. The largest absolute Gasteiger partial charge is 0.352 e. The summed E-state index contributed by atoms with van der Waals surface area (Å²) in [5.41, 5.74) is 0.934. The molecule has 0 aromatic heterocycles. The van der Waals surface area contributed by atoms with Gasteiger partial charge < -0.3 is 5.32 Å². The van der Waals surface area contributed by atoms with E-state index >= 15 is 0 Å². The molecule has 7 heteroatoms. The van der Waals surface area contributed by atoms with Crippen LogP contribution in [-0.2, 0) is 10.0 Å². The van der Waals surface area contributed by atoms with Crippen LogP contribution in [0.25, 0.3) is 0 Å². The third-order valence-electron chi connectivity index (χ3n) is 2.80. The summed E-state index contributed by atoms with van der Waals surface area (Å²) in [6.07, 6.45) is 0.864. The van der Waals surface area contributed by atoms with Gasteiger partial charge in [0.05, 0.1) is 4.90 Å². The molecule has 0 aliphatic carbocycles. The summed E-state index contributed by atoms with van der Waals surface area (Å²) in [6, 6.07) is 2.92. The van der Waals surface area contributed by atoms with Crippen molar-refractivity contribution in [2.75, 3.05) is 6.54 Å². The van der Waals surface area contributed by atoms with Crippen molar-refractivity contribution in [3.05, 3.63) is 27.7 Å². The van der Waals surface area contributed by atoms with Crippen LogP contribution < -0.4 is 10.5 Å². The Morgan fingerprint density at radius 2 is 2.00 bits per heavy atom. The van der Waals surface area contributed by atoms with Crippen molar-refractivity contribution in [1.29, 1.82) is 0 Å². The van der Waals surface area contributed by atoms with E-state index in [4.69, 9.17) is 5.14 Å². The van der Waals surface area contributed by atoms with E-state index in [9.17, 15) is 13.2 Å². The number of amides is 1. The standard InChI is InChI=1S/C13H19BrN2O3S/c1-8(2)4-5-16-13(17)10-6-9(3)12(14)11(7-10)20(15,18)19/h6-8H,4-5H2,1-3H3,(H,16,17)(H2,15,18,19). The fourth-order valence-corrected chi connectivity index (χ4v) is 3.26. The molecule has 0 aliphatic heterocycles. The van der Waals surface area contributed by atoms with E-state index in [1.807, 2.05) is 0 Å². The van der Waals surface area contributed by atoms with Crippen LogP contribution in [0.2, 0.25) is 0 Å². The van der Waals surface area contributed by atoms with E-state index in [1.165, 1.54) is 6.07 Å². The molecular weight excluding hydrogens is 344 g/mol. The van der Waals surface area contributed by atoms with Crippen molar-refractivity contribution in [3.8, 4) is 0 Å². The predicted molar refractivity (Wildman–Crippen MR) is 82.0 cm³/mol. The maximum absolute atomic E-state index is 12.0. The normalized spacial score (nSPS) is 11.7. The average molecular weight is 363 g/mol. The van der Waals surface area contributed by atoms with E-state index in [1.54, 1.807) is 13.0 Å². The van der Waals surface area contributed by atoms with Crippen LogP contribution in [0.5, 0.6) is 0 Å². The number of primary sulfonamides is 1. The number of rotatable bonds is 5. The minimum atomic E-state index is -3.87. The number of benzene rings is 1. The zero-order valence-corrected chi connectivity index (χ0v) is 14.1. The zero-order chi connectivity index (χ0) is 15.5. The first-order valence-corrected chi connectivity index (χ1v) is 8.58. The van der Waals surface area contributed by atoms with E-state index in [-0.39, 0.29) is 10.8 Å². The molecule has 0 fully saturated rings. The molecule has 0 unspecified atom stereocenters. The highest BCUT2D eigenvalue weighted by Crippen LogP contribution is 2.26. The first kappa shape index (κ1) is 17.1. The first-order chi connectivity index (χ1) is 9.12. The van der Waals surface area contributed by atoms with Gasteiger partial charge in [0, 0.05) is 16.6 Å². The molecule has 1 amide bonds. The lowest BCUT2D eigenvalue weighted by molar-refractivity contribution is 0.0951. The van der Waals surface area contributed by atoms with E-state index in [0.29, 0.717) is 28.1 Å². The molecule has 0 saturated heterocycles. The van der Waals surface area contributed by atoms with Gasteiger partial charge in [0.2, 0.25) is 10.0 Å². The third kappa shape index (κ3) is 4.57. The maximum atomic E-state index is 12.0. The van der Waals surface area contributed by atoms with Gasteiger partial charge in [-0.1, -0.05) is 13.8 Å². The quantitative estimate of drug-likeness (QED) is 0.840. The lowest BCUT2D eigenvalue weighted by Gasteiger charge is -2.11.